The summed E-state index contributed by atoms with van der Waals surface area (Å²) < 4.78 is 10.9. The first-order valence-electron chi connectivity index (χ1n) is 6.59. The van der Waals surface area contributed by atoms with E-state index in [1.807, 2.05) is 0 Å². The largest absolute Gasteiger partial charge is 0.497 e. The maximum atomic E-state index is 12.1. The van der Waals surface area contributed by atoms with Gasteiger partial charge in [-0.3, -0.25) is 4.90 Å². The number of carbonyl (C=O) groups excluding carboxylic acids is 1. The summed E-state index contributed by atoms with van der Waals surface area (Å²) >= 11 is 3.31. The highest BCUT2D eigenvalue weighted by Crippen LogP contribution is 2.31. The van der Waals surface area contributed by atoms with Crippen molar-refractivity contribution < 1.29 is 24.2 Å². The number of nitrogens with zero attached hydrogens (tertiary/aromatic N) is 1. The molecule has 1 aromatic rings. The first kappa shape index (κ1) is 18.3. The molecule has 0 saturated carbocycles. The van der Waals surface area contributed by atoms with Gasteiger partial charge in [-0.05, 0) is 39.0 Å². The number of halogens is 1. The lowest BCUT2D eigenvalue weighted by Gasteiger charge is -2.29. The second kappa shape index (κ2) is 7.00. The lowest BCUT2D eigenvalue weighted by atomic mass is 10.1. The number of likely N-dealkylation sites (N-methyl/N-ethyl adjacent to an activating group) is 1. The Morgan fingerprint density at radius 3 is 2.36 bits per heavy atom. The summed E-state index contributed by atoms with van der Waals surface area (Å²) in [4.78, 5) is 24.8. The lowest BCUT2D eigenvalue weighted by Crippen LogP contribution is -2.39. The molecule has 0 saturated heterocycles. The summed E-state index contributed by atoms with van der Waals surface area (Å²) in [6, 6.07) is 3.75. The molecule has 0 heterocycles. The average molecular weight is 374 g/mol. The molecular formula is C15H20BrNO5. The van der Waals surface area contributed by atoms with E-state index >= 15 is 0 Å². The molecule has 1 atom stereocenters. The number of carbonyl (C=O) groups is 2. The van der Waals surface area contributed by atoms with Crippen LogP contribution < -0.4 is 4.74 Å². The minimum atomic E-state index is -1.20. The normalized spacial score (nSPS) is 12.5. The maximum Gasteiger partial charge on any atom is 0.411 e. The zero-order valence-electron chi connectivity index (χ0n) is 13.2. The highest BCUT2D eigenvalue weighted by molar-refractivity contribution is 9.10. The molecule has 6 nitrogen and oxygen atoms in total. The van der Waals surface area contributed by atoms with Gasteiger partial charge in [-0.1, -0.05) is 15.9 Å². The number of methoxy groups -OCH3 is 1. The molecule has 0 fully saturated rings. The summed E-state index contributed by atoms with van der Waals surface area (Å²) in [7, 11) is 2.87. The molecule has 1 unspecified atom stereocenters. The van der Waals surface area contributed by atoms with Crippen LogP contribution in [0.5, 0.6) is 5.75 Å². The monoisotopic (exact) mass is 373 g/mol. The summed E-state index contributed by atoms with van der Waals surface area (Å²) in [5.74, 6) is -0.663. The van der Waals surface area contributed by atoms with Gasteiger partial charge in [0.2, 0.25) is 0 Å². The van der Waals surface area contributed by atoms with Gasteiger partial charge in [-0.25, -0.2) is 9.59 Å². The van der Waals surface area contributed by atoms with Crippen LogP contribution in [0.3, 0.4) is 0 Å². The van der Waals surface area contributed by atoms with Gasteiger partial charge >= 0.3 is 12.1 Å². The van der Waals surface area contributed by atoms with Crippen LogP contribution >= 0.6 is 15.9 Å². The molecule has 1 N–H and O–H groups in total. The van der Waals surface area contributed by atoms with Gasteiger partial charge < -0.3 is 14.6 Å². The average Bonchev–Trinajstić information content (AvgIpc) is 2.38. The first-order valence-corrected chi connectivity index (χ1v) is 7.38. The van der Waals surface area contributed by atoms with Crippen molar-refractivity contribution >= 4 is 28.0 Å². The van der Waals surface area contributed by atoms with Gasteiger partial charge in [-0.2, -0.15) is 0 Å². The van der Waals surface area contributed by atoms with Gasteiger partial charge in [0.25, 0.3) is 0 Å². The number of carboxylic acid groups (broad SMARTS) is 1. The fraction of sp³-hybridized carbons (Fsp3) is 0.467. The lowest BCUT2D eigenvalue weighted by molar-refractivity contribution is -0.143. The van der Waals surface area contributed by atoms with E-state index in [2.05, 4.69) is 15.9 Å². The predicted octanol–water partition coefficient (Wildman–Crippen LogP) is 3.45. The maximum absolute atomic E-state index is 12.1. The van der Waals surface area contributed by atoms with Gasteiger partial charge in [0.15, 0.2) is 6.04 Å². The number of hydrogen-bond donors (Lipinski definition) is 1. The molecule has 0 bridgehead atoms. The summed E-state index contributed by atoms with van der Waals surface area (Å²) in [5, 5.41) is 9.52. The Kier molecular flexibility index (Phi) is 5.82. The Morgan fingerprint density at radius 1 is 1.32 bits per heavy atom. The number of hydrogen-bond acceptors (Lipinski definition) is 4. The topological polar surface area (TPSA) is 76.1 Å². The number of amides is 1. The molecule has 1 rings (SSSR count). The van der Waals surface area contributed by atoms with Gasteiger partial charge in [0, 0.05) is 17.1 Å². The molecular weight excluding hydrogens is 354 g/mol. The van der Waals surface area contributed by atoms with E-state index in [0.717, 1.165) is 4.90 Å². The molecule has 0 spiro atoms. The fourth-order valence-corrected chi connectivity index (χ4v) is 2.27. The van der Waals surface area contributed by atoms with Crippen LogP contribution in [0.1, 0.15) is 32.4 Å². The van der Waals surface area contributed by atoms with Crippen LogP contribution in [0, 0.1) is 0 Å². The highest BCUT2D eigenvalue weighted by atomic mass is 79.9. The van der Waals surface area contributed by atoms with Crippen molar-refractivity contribution in [1.29, 1.82) is 0 Å². The molecule has 0 radical (unpaired) electrons. The number of carboxylic acids is 1. The highest BCUT2D eigenvalue weighted by Gasteiger charge is 2.33. The molecule has 7 heteroatoms. The quantitative estimate of drug-likeness (QED) is 0.874. The Hall–Kier alpha value is -1.76. The van der Waals surface area contributed by atoms with Crippen LogP contribution in [0.25, 0.3) is 0 Å². The predicted molar refractivity (Wildman–Crippen MR) is 85.1 cm³/mol. The van der Waals surface area contributed by atoms with E-state index in [-0.39, 0.29) is 0 Å². The third kappa shape index (κ3) is 4.62. The third-order valence-electron chi connectivity index (χ3n) is 2.80. The third-order valence-corrected chi connectivity index (χ3v) is 3.52. The zero-order chi connectivity index (χ0) is 17.1. The van der Waals surface area contributed by atoms with Crippen LogP contribution in [0.15, 0.2) is 22.7 Å². The van der Waals surface area contributed by atoms with Crippen molar-refractivity contribution in [2.45, 2.75) is 32.4 Å². The Bertz CT molecular complexity index is 568. The van der Waals surface area contributed by atoms with E-state index in [0.29, 0.717) is 15.8 Å². The summed E-state index contributed by atoms with van der Waals surface area (Å²) in [6.45, 7) is 5.15. The Morgan fingerprint density at radius 2 is 1.91 bits per heavy atom. The van der Waals surface area contributed by atoms with E-state index in [1.165, 1.54) is 14.2 Å². The molecule has 1 aromatic carbocycles. The molecule has 0 aliphatic rings. The van der Waals surface area contributed by atoms with Gasteiger partial charge in [0.05, 0.1) is 7.11 Å². The smallest absolute Gasteiger partial charge is 0.411 e. The summed E-state index contributed by atoms with van der Waals surface area (Å²) in [6.07, 6.45) is -0.713. The molecule has 22 heavy (non-hydrogen) atoms. The SMILES string of the molecule is COc1ccc(Br)c(C(C(=O)O)N(C)C(=O)OC(C)(C)C)c1. The molecule has 122 valence electrons. The zero-order valence-corrected chi connectivity index (χ0v) is 14.8. The van der Waals surface area contributed by atoms with Crippen molar-refractivity contribution in [2.75, 3.05) is 14.2 Å². The minimum absolute atomic E-state index is 0.403. The van der Waals surface area contributed by atoms with Crippen LogP contribution in [0.2, 0.25) is 0 Å². The number of aliphatic carboxylic acids is 1. The van der Waals surface area contributed by atoms with E-state index < -0.39 is 23.7 Å². The minimum Gasteiger partial charge on any atom is -0.497 e. The number of benzene rings is 1. The van der Waals surface area contributed by atoms with Crippen LogP contribution in [0.4, 0.5) is 4.79 Å². The van der Waals surface area contributed by atoms with Crippen molar-refractivity contribution in [3.05, 3.63) is 28.2 Å². The Balaban J connectivity index is 3.19. The molecule has 1 amide bonds. The second-order valence-electron chi connectivity index (χ2n) is 5.72. The fourth-order valence-electron chi connectivity index (χ4n) is 1.81. The van der Waals surface area contributed by atoms with Crippen molar-refractivity contribution in [3.8, 4) is 5.75 Å². The standard InChI is InChI=1S/C15H20BrNO5/c1-15(2,3)22-14(20)17(4)12(13(18)19)10-8-9(21-5)6-7-11(10)16/h6-8,12H,1-5H3,(H,18,19). The van der Waals surface area contributed by atoms with Crippen molar-refractivity contribution in [3.63, 3.8) is 0 Å². The van der Waals surface area contributed by atoms with E-state index in [9.17, 15) is 14.7 Å². The van der Waals surface area contributed by atoms with Crippen LogP contribution in [-0.2, 0) is 9.53 Å². The summed E-state index contributed by atoms with van der Waals surface area (Å²) in [5.41, 5.74) is -0.305. The number of rotatable bonds is 4. The molecule has 0 aliphatic heterocycles. The van der Waals surface area contributed by atoms with Crippen LogP contribution in [-0.4, -0.2) is 41.8 Å². The Labute approximate surface area is 138 Å². The van der Waals surface area contributed by atoms with Gasteiger partial charge in [0.1, 0.15) is 11.4 Å². The second-order valence-corrected chi connectivity index (χ2v) is 6.57. The van der Waals surface area contributed by atoms with Crippen molar-refractivity contribution in [2.24, 2.45) is 0 Å². The van der Waals surface area contributed by atoms with Gasteiger partial charge in [-0.15, -0.1) is 0 Å². The molecule has 0 aromatic heterocycles. The first-order chi connectivity index (χ1) is 10.1. The van der Waals surface area contributed by atoms with E-state index in [4.69, 9.17) is 9.47 Å². The molecule has 0 aliphatic carbocycles. The van der Waals surface area contributed by atoms with E-state index in [1.54, 1.807) is 39.0 Å². The number of ether oxygens (including phenoxy) is 2. The van der Waals surface area contributed by atoms with Crippen molar-refractivity contribution in [1.82, 2.24) is 4.90 Å².